The fraction of sp³-hybridized carbons (Fsp3) is 0.133. The van der Waals surface area contributed by atoms with Gasteiger partial charge in [0.25, 0.3) is 0 Å². The van der Waals surface area contributed by atoms with Crippen LogP contribution >= 0.6 is 23.4 Å². The van der Waals surface area contributed by atoms with Gasteiger partial charge in [-0.05, 0) is 23.8 Å². The van der Waals surface area contributed by atoms with E-state index in [9.17, 15) is 18.0 Å². The summed E-state index contributed by atoms with van der Waals surface area (Å²) in [4.78, 5) is 13.8. The van der Waals surface area contributed by atoms with Gasteiger partial charge in [-0.15, -0.1) is 11.8 Å². The highest BCUT2D eigenvalue weighted by atomic mass is 35.5. The van der Waals surface area contributed by atoms with E-state index >= 15 is 0 Å². The number of aromatic amines is 1. The summed E-state index contributed by atoms with van der Waals surface area (Å²) >= 11 is 6.94. The number of nitrogens with one attached hydrogen (secondary N) is 2. The van der Waals surface area contributed by atoms with Gasteiger partial charge in [0, 0.05) is 22.4 Å². The lowest BCUT2D eigenvalue weighted by molar-refractivity contribution is -0.138. The number of nitrogens with two attached hydrogens (primary N) is 2. The number of benzene rings is 1. The highest BCUT2D eigenvalue weighted by Gasteiger charge is 2.35. The van der Waals surface area contributed by atoms with Crippen LogP contribution in [-0.4, -0.2) is 10.8 Å². The minimum atomic E-state index is -4.83. The van der Waals surface area contributed by atoms with Gasteiger partial charge < -0.3 is 16.3 Å². The first-order valence-electron chi connectivity index (χ1n) is 7.12. The Morgan fingerprint density at radius 3 is 2.67 bits per heavy atom. The van der Waals surface area contributed by atoms with Crippen LogP contribution in [0.1, 0.15) is 22.3 Å². The van der Waals surface area contributed by atoms with E-state index in [1.165, 1.54) is 12.1 Å². The van der Waals surface area contributed by atoms with Crippen LogP contribution in [0.4, 0.5) is 13.2 Å². The van der Waals surface area contributed by atoms with E-state index in [0.717, 1.165) is 11.8 Å². The van der Waals surface area contributed by atoms with Gasteiger partial charge >= 0.3 is 6.18 Å². The van der Waals surface area contributed by atoms with Crippen molar-refractivity contribution in [3.63, 3.8) is 0 Å². The van der Waals surface area contributed by atoms with Crippen LogP contribution in [0.5, 0.6) is 0 Å². The van der Waals surface area contributed by atoms with Gasteiger partial charge in [-0.25, -0.2) is 5.84 Å². The van der Waals surface area contributed by atoms with Crippen molar-refractivity contribution in [1.82, 2.24) is 10.4 Å². The monoisotopic (exact) mass is 416 g/mol. The molecule has 2 rings (SSSR count). The van der Waals surface area contributed by atoms with Crippen molar-refractivity contribution in [2.45, 2.75) is 17.0 Å². The molecule has 7 nitrogen and oxygen atoms in total. The average molecular weight is 417 g/mol. The fourth-order valence-corrected chi connectivity index (χ4v) is 3.43. The Morgan fingerprint density at radius 2 is 2.11 bits per heavy atom. The third kappa shape index (κ3) is 4.73. The highest BCUT2D eigenvalue weighted by Crippen LogP contribution is 2.35. The van der Waals surface area contributed by atoms with Crippen molar-refractivity contribution < 1.29 is 13.2 Å². The molecular weight excluding hydrogens is 405 g/mol. The molecule has 0 radical (unpaired) electrons. The van der Waals surface area contributed by atoms with Crippen LogP contribution in [0, 0.1) is 11.3 Å². The predicted molar refractivity (Wildman–Crippen MR) is 95.8 cm³/mol. The number of halogens is 4. The summed E-state index contributed by atoms with van der Waals surface area (Å²) in [6, 6.07) is 6.56. The summed E-state index contributed by atoms with van der Waals surface area (Å²) in [5.41, 5.74) is 0.393. The summed E-state index contributed by atoms with van der Waals surface area (Å²) < 4.78 is 39.2. The van der Waals surface area contributed by atoms with Crippen LogP contribution in [-0.2, 0) is 11.9 Å². The quantitative estimate of drug-likeness (QED) is 0.199. The Balaban J connectivity index is 2.41. The maximum atomic E-state index is 13.1. The molecule has 0 aliphatic heterocycles. The van der Waals surface area contributed by atoms with Crippen LogP contribution in [0.25, 0.3) is 0 Å². The normalized spacial score (nSPS) is 11.9. The largest absolute Gasteiger partial charge is 0.417 e. The van der Waals surface area contributed by atoms with E-state index in [1.54, 1.807) is 12.1 Å². The number of pyridine rings is 1. The molecule has 0 aliphatic rings. The lowest BCUT2D eigenvalue weighted by Gasteiger charge is -2.12. The number of hydrogen-bond acceptors (Lipinski definition) is 6. The predicted octanol–water partition coefficient (Wildman–Crippen LogP) is 2.29. The molecule has 27 heavy (non-hydrogen) atoms. The fourth-order valence-electron chi connectivity index (χ4n) is 2.16. The summed E-state index contributed by atoms with van der Waals surface area (Å²) in [6.45, 7) is 0. The van der Waals surface area contributed by atoms with Crippen molar-refractivity contribution >= 4 is 29.2 Å². The molecule has 1 heterocycles. The topological polar surface area (TPSA) is 133 Å². The van der Waals surface area contributed by atoms with E-state index in [0.29, 0.717) is 22.2 Å². The smallest absolute Gasteiger partial charge is 0.321 e. The molecule has 0 atom stereocenters. The minimum absolute atomic E-state index is 0.0705. The molecule has 0 saturated carbocycles. The minimum Gasteiger partial charge on any atom is -0.321 e. The Kier molecular flexibility index (Phi) is 6.37. The van der Waals surface area contributed by atoms with Crippen molar-refractivity contribution in [2.75, 3.05) is 0 Å². The number of amidine groups is 1. The second-order valence-electron chi connectivity index (χ2n) is 5.08. The average Bonchev–Trinajstić information content (AvgIpc) is 2.61. The first-order chi connectivity index (χ1) is 12.7. The van der Waals surface area contributed by atoms with Gasteiger partial charge in [-0.3, -0.25) is 4.79 Å². The molecule has 0 fully saturated rings. The Hall–Kier alpha value is -2.68. The second kappa shape index (κ2) is 8.34. The second-order valence-corrected chi connectivity index (χ2v) is 6.47. The van der Waals surface area contributed by atoms with E-state index < -0.39 is 22.9 Å². The molecule has 6 N–H and O–H groups in total. The molecule has 12 heteroatoms. The zero-order chi connectivity index (χ0) is 20.2. The van der Waals surface area contributed by atoms with Crippen LogP contribution < -0.4 is 22.7 Å². The lowest BCUT2D eigenvalue weighted by atomic mass is 10.1. The number of alkyl halides is 3. The molecule has 0 aliphatic carbocycles. The zero-order valence-electron chi connectivity index (χ0n) is 13.4. The van der Waals surface area contributed by atoms with Crippen molar-refractivity contribution in [2.24, 2.45) is 16.8 Å². The van der Waals surface area contributed by atoms with Gasteiger partial charge in [-0.1, -0.05) is 11.6 Å². The summed E-state index contributed by atoms with van der Waals surface area (Å²) in [7, 11) is 0. The Bertz CT molecular complexity index is 983. The van der Waals surface area contributed by atoms with Gasteiger partial charge in [0.15, 0.2) is 5.84 Å². The summed E-state index contributed by atoms with van der Waals surface area (Å²) in [5, 5.41) is 12.7. The molecule has 2 aromatic rings. The number of nitrogens with zero attached hydrogens (tertiary/aromatic N) is 2. The number of hydrazine groups is 1. The van der Waals surface area contributed by atoms with Gasteiger partial charge in [0.05, 0.1) is 16.2 Å². The summed E-state index contributed by atoms with van der Waals surface area (Å²) in [6.07, 6.45) is -4.83. The van der Waals surface area contributed by atoms with E-state index in [4.69, 9.17) is 28.5 Å². The SMILES string of the molecule is N#Cc1c(C(F)(F)F)cc(=O)[nH]c1SCc1cc(/C(=N/N)NN)ccc1Cl. The van der Waals surface area contributed by atoms with E-state index in [1.807, 2.05) is 0 Å². The van der Waals surface area contributed by atoms with Crippen molar-refractivity contribution in [1.29, 1.82) is 5.26 Å². The number of rotatable bonds is 4. The molecule has 0 amide bonds. The molecule has 142 valence electrons. The van der Waals surface area contributed by atoms with Crippen molar-refractivity contribution in [3.05, 3.63) is 61.9 Å². The number of thioether (sulfide) groups is 1. The summed E-state index contributed by atoms with van der Waals surface area (Å²) in [5.74, 6) is 10.7. The van der Waals surface area contributed by atoms with Crippen molar-refractivity contribution in [3.8, 4) is 6.07 Å². The molecule has 0 spiro atoms. The highest BCUT2D eigenvalue weighted by molar-refractivity contribution is 7.98. The van der Waals surface area contributed by atoms with Crippen LogP contribution in [0.2, 0.25) is 5.02 Å². The van der Waals surface area contributed by atoms with Gasteiger partial charge in [0.1, 0.15) is 6.07 Å². The molecule has 1 aromatic heterocycles. The number of aromatic nitrogens is 1. The Labute approximate surface area is 160 Å². The molecule has 0 bridgehead atoms. The third-order valence-electron chi connectivity index (χ3n) is 3.38. The Morgan fingerprint density at radius 1 is 1.41 bits per heavy atom. The van der Waals surface area contributed by atoms with Gasteiger partial charge in [-0.2, -0.15) is 23.5 Å². The molecular formula is C15H12ClF3N6OS. The molecule has 1 aromatic carbocycles. The molecule has 0 saturated heterocycles. The number of nitriles is 1. The maximum Gasteiger partial charge on any atom is 0.417 e. The van der Waals surface area contributed by atoms with E-state index in [2.05, 4.69) is 15.5 Å². The van der Waals surface area contributed by atoms with Gasteiger partial charge in [0.2, 0.25) is 5.56 Å². The van der Waals surface area contributed by atoms with E-state index in [-0.39, 0.29) is 16.6 Å². The third-order valence-corrected chi connectivity index (χ3v) is 4.80. The zero-order valence-corrected chi connectivity index (χ0v) is 15.0. The number of H-pyrrole nitrogens is 1. The lowest BCUT2D eigenvalue weighted by Crippen LogP contribution is -2.32. The maximum absolute atomic E-state index is 13.1. The van der Waals surface area contributed by atoms with Crippen LogP contribution in [0.15, 0.2) is 39.2 Å². The molecule has 0 unspecified atom stereocenters. The number of hydrogen-bond donors (Lipinski definition) is 4. The first-order valence-corrected chi connectivity index (χ1v) is 8.48. The first kappa shape index (κ1) is 20.6. The van der Waals surface area contributed by atoms with Crippen LogP contribution in [0.3, 0.4) is 0 Å². The number of hydrazone groups is 1. The standard InChI is InChI=1S/C15H12ClF3N6OS/c16-11-2-1-7(13(24-21)25-22)3-8(11)6-27-14-9(5-20)10(15(17,18)19)4-12(26)23-14/h1-4H,6,21-22H2,(H,23,26)(H,24,25).